The molecule has 0 spiro atoms. The molecule has 304 valence electrons. The van der Waals surface area contributed by atoms with Crippen LogP contribution in [0.2, 0.25) is 0 Å². The molecule has 0 bridgehead atoms. The fourth-order valence-corrected chi connectivity index (χ4v) is 11.3. The third-order valence-corrected chi connectivity index (χ3v) is 14.4. The van der Waals surface area contributed by atoms with Crippen molar-refractivity contribution in [2.75, 3.05) is 0 Å². The highest BCUT2D eigenvalue weighted by atomic mass is 14.2. The highest BCUT2D eigenvalue weighted by Gasteiger charge is 2.20. The van der Waals surface area contributed by atoms with Gasteiger partial charge in [-0.1, -0.05) is 218 Å². The van der Waals surface area contributed by atoms with E-state index in [9.17, 15) is 0 Å². The van der Waals surface area contributed by atoms with Gasteiger partial charge in [0.05, 0.1) is 0 Å². The average Bonchev–Trinajstić information content (AvgIpc) is 3.39. The normalized spacial score (nSPS) is 11.9. The first-order valence-corrected chi connectivity index (χ1v) is 23.0. The lowest BCUT2D eigenvalue weighted by molar-refractivity contribution is 1.68. The quantitative estimate of drug-likeness (QED) is 0.155. The molecule has 0 aliphatic heterocycles. The third-order valence-electron chi connectivity index (χ3n) is 14.4. The summed E-state index contributed by atoms with van der Waals surface area (Å²) in [6, 6.07) is 90.7. The van der Waals surface area contributed by atoms with Crippen LogP contribution in [0.4, 0.5) is 0 Å². The van der Waals surface area contributed by atoms with Crippen molar-refractivity contribution in [1.82, 2.24) is 0 Å². The molecular formula is C66H40. The van der Waals surface area contributed by atoms with Crippen LogP contribution in [0.25, 0.3) is 141 Å². The van der Waals surface area contributed by atoms with Crippen molar-refractivity contribution >= 4 is 97.0 Å². The molecule has 0 aliphatic carbocycles. The van der Waals surface area contributed by atoms with Gasteiger partial charge in [0.25, 0.3) is 0 Å². The van der Waals surface area contributed by atoms with Crippen LogP contribution >= 0.6 is 0 Å². The summed E-state index contributed by atoms with van der Waals surface area (Å²) in [5.74, 6) is 0. The van der Waals surface area contributed by atoms with E-state index >= 15 is 0 Å². The van der Waals surface area contributed by atoms with Crippen molar-refractivity contribution in [3.63, 3.8) is 0 Å². The van der Waals surface area contributed by atoms with Gasteiger partial charge < -0.3 is 0 Å². The van der Waals surface area contributed by atoms with Crippen LogP contribution < -0.4 is 0 Å². The smallest absolute Gasteiger partial charge is 0.00139 e. The number of hydrogen-bond acceptors (Lipinski definition) is 0. The Morgan fingerprint density at radius 2 is 0.379 bits per heavy atom. The second-order valence-electron chi connectivity index (χ2n) is 17.9. The Kier molecular flexibility index (Phi) is 8.08. The van der Waals surface area contributed by atoms with E-state index in [0.29, 0.717) is 0 Å². The fourth-order valence-electron chi connectivity index (χ4n) is 11.3. The van der Waals surface area contributed by atoms with E-state index in [-0.39, 0.29) is 0 Å². The van der Waals surface area contributed by atoms with Crippen LogP contribution in [0.3, 0.4) is 0 Å². The molecule has 66 heavy (non-hydrogen) atoms. The monoisotopic (exact) mass is 832 g/mol. The van der Waals surface area contributed by atoms with Crippen LogP contribution in [0, 0.1) is 0 Å². The highest BCUT2D eigenvalue weighted by Crippen LogP contribution is 2.48. The Labute approximate surface area is 382 Å². The van der Waals surface area contributed by atoms with E-state index in [1.807, 2.05) is 0 Å². The third kappa shape index (κ3) is 5.59. The van der Waals surface area contributed by atoms with Crippen LogP contribution in [0.5, 0.6) is 0 Å². The first kappa shape index (κ1) is 36.9. The zero-order valence-corrected chi connectivity index (χ0v) is 36.1. The summed E-state index contributed by atoms with van der Waals surface area (Å²) in [5, 5.41) is 22.7. The molecule has 0 N–H and O–H groups in total. The van der Waals surface area contributed by atoms with Gasteiger partial charge in [0.2, 0.25) is 0 Å². The minimum absolute atomic E-state index is 1.22. The van der Waals surface area contributed by atoms with Crippen molar-refractivity contribution in [1.29, 1.82) is 0 Å². The molecule has 14 rings (SSSR count). The molecule has 0 heteroatoms. The summed E-state index contributed by atoms with van der Waals surface area (Å²) in [5.41, 5.74) is 9.87. The van der Waals surface area contributed by atoms with Gasteiger partial charge in [0.1, 0.15) is 0 Å². The van der Waals surface area contributed by atoms with Crippen LogP contribution in [-0.2, 0) is 0 Å². The van der Waals surface area contributed by atoms with Gasteiger partial charge in [-0.25, -0.2) is 0 Å². The van der Waals surface area contributed by atoms with E-state index in [1.165, 1.54) is 141 Å². The van der Waals surface area contributed by atoms with Crippen molar-refractivity contribution in [3.8, 4) is 44.5 Å². The predicted octanol–water partition coefficient (Wildman–Crippen LogP) is 18.7. The number of benzene rings is 14. The Balaban J connectivity index is 1.14. The lowest BCUT2D eigenvalue weighted by Gasteiger charge is -2.20. The largest absolute Gasteiger partial charge is 0.0616 e. The molecule has 0 heterocycles. The van der Waals surface area contributed by atoms with Crippen molar-refractivity contribution in [2.45, 2.75) is 0 Å². The van der Waals surface area contributed by atoms with Crippen molar-refractivity contribution in [2.24, 2.45) is 0 Å². The summed E-state index contributed by atoms with van der Waals surface area (Å²) in [6.45, 7) is 0. The zero-order valence-electron chi connectivity index (χ0n) is 36.1. The Morgan fingerprint density at radius 1 is 0.152 bits per heavy atom. The first-order valence-electron chi connectivity index (χ1n) is 23.0. The molecule has 14 aromatic carbocycles. The van der Waals surface area contributed by atoms with Crippen LogP contribution in [0.15, 0.2) is 243 Å². The molecule has 0 aliphatic rings. The summed E-state index contributed by atoms with van der Waals surface area (Å²) in [7, 11) is 0. The second kappa shape index (κ2) is 14.5. The molecule has 0 fully saturated rings. The standard InChI is InChI=1S/C66H40/c1-5-21-49-41(13-1)17-9-25-53(49)45-29-33-57-61(37-45)62-38-46(54-26-10-18-42-14-2-6-22-50(42)54)30-34-58(62)66-60-36-32-48(56-28-12-20-44-16-4-8-24-52(44)56)40-64(60)63-39-47(31-35-59(63)65(57)66)55-27-11-19-43-15-3-7-23-51(43)55/h1-40H. The van der Waals surface area contributed by atoms with Gasteiger partial charge in [-0.3, -0.25) is 0 Å². The number of rotatable bonds is 4. The SMILES string of the molecule is c1ccc2c(-c3ccc4c(c3)c3cc(-c5cccc6ccccc56)ccc3c3c5ccc(-c6cccc7ccccc67)cc5c5cc(-c6cccc7ccccc67)ccc5c43)cccc2c1. The van der Waals surface area contributed by atoms with Crippen molar-refractivity contribution in [3.05, 3.63) is 243 Å². The predicted molar refractivity (Wildman–Crippen MR) is 286 cm³/mol. The molecule has 0 atom stereocenters. The second-order valence-corrected chi connectivity index (χ2v) is 17.9. The van der Waals surface area contributed by atoms with Gasteiger partial charge in [0, 0.05) is 0 Å². The Hall–Kier alpha value is -8.58. The molecule has 0 nitrogen and oxygen atoms in total. The minimum atomic E-state index is 1.22. The highest BCUT2D eigenvalue weighted by molar-refractivity contribution is 6.40. The molecule has 0 saturated heterocycles. The van der Waals surface area contributed by atoms with E-state index in [4.69, 9.17) is 0 Å². The lowest BCUT2D eigenvalue weighted by Crippen LogP contribution is -1.92. The van der Waals surface area contributed by atoms with Gasteiger partial charge in [-0.05, 0) is 166 Å². The fraction of sp³-hybridized carbons (Fsp3) is 0. The maximum atomic E-state index is 2.47. The molecule has 14 aromatic rings. The van der Waals surface area contributed by atoms with Gasteiger partial charge in [-0.2, -0.15) is 0 Å². The summed E-state index contributed by atoms with van der Waals surface area (Å²) in [6.07, 6.45) is 0. The Morgan fingerprint density at radius 3 is 0.636 bits per heavy atom. The van der Waals surface area contributed by atoms with Gasteiger partial charge in [-0.15, -0.1) is 0 Å². The van der Waals surface area contributed by atoms with E-state index in [0.717, 1.165) is 0 Å². The number of fused-ring (bicyclic) bond motifs is 15. The summed E-state index contributed by atoms with van der Waals surface area (Å²) in [4.78, 5) is 0. The molecular weight excluding hydrogens is 793 g/mol. The molecule has 0 amide bonds. The zero-order chi connectivity index (χ0) is 43.3. The molecule has 0 aromatic heterocycles. The van der Waals surface area contributed by atoms with Crippen molar-refractivity contribution < 1.29 is 0 Å². The first-order chi connectivity index (χ1) is 32.7. The van der Waals surface area contributed by atoms with Gasteiger partial charge in [0.15, 0.2) is 0 Å². The molecule has 0 unspecified atom stereocenters. The maximum Gasteiger partial charge on any atom is -0.00139 e. The Bertz CT molecular complexity index is 3760. The molecule has 0 radical (unpaired) electrons. The summed E-state index contributed by atoms with van der Waals surface area (Å²) >= 11 is 0. The van der Waals surface area contributed by atoms with E-state index in [1.54, 1.807) is 0 Å². The van der Waals surface area contributed by atoms with Gasteiger partial charge >= 0.3 is 0 Å². The van der Waals surface area contributed by atoms with Crippen LogP contribution in [0.1, 0.15) is 0 Å². The molecule has 0 saturated carbocycles. The average molecular weight is 833 g/mol. The summed E-state index contributed by atoms with van der Waals surface area (Å²) < 4.78 is 0. The van der Waals surface area contributed by atoms with E-state index < -0.39 is 0 Å². The maximum absolute atomic E-state index is 2.47. The van der Waals surface area contributed by atoms with E-state index in [2.05, 4.69) is 243 Å². The number of hydrogen-bond donors (Lipinski definition) is 0. The lowest BCUT2D eigenvalue weighted by atomic mass is 9.83. The van der Waals surface area contributed by atoms with Crippen LogP contribution in [-0.4, -0.2) is 0 Å². The topological polar surface area (TPSA) is 0 Å². The minimum Gasteiger partial charge on any atom is -0.0616 e.